The number of allylic oxidation sites excluding steroid dienone is 2. The number of alkyl halides is 9. The Morgan fingerprint density at radius 3 is 2.09 bits per heavy atom. The lowest BCUT2D eigenvalue weighted by Crippen LogP contribution is -2.32. The highest BCUT2D eigenvalue weighted by Crippen LogP contribution is 2.44. The van der Waals surface area contributed by atoms with Crippen molar-refractivity contribution in [3.8, 4) is 0 Å². The molecule has 2 heterocycles. The second kappa shape index (κ2) is 11.6. The second-order valence-corrected chi connectivity index (χ2v) is 11.7. The Morgan fingerprint density at radius 1 is 0.886 bits per heavy atom. The highest BCUT2D eigenvalue weighted by Gasteiger charge is 2.38. The number of rotatable bonds is 8. The van der Waals surface area contributed by atoms with Gasteiger partial charge in [-0.25, -0.2) is 9.13 Å². The summed E-state index contributed by atoms with van der Waals surface area (Å²) in [6, 6.07) is 5.50. The minimum atomic E-state index is -4.79. The van der Waals surface area contributed by atoms with Crippen LogP contribution < -0.4 is 14.4 Å². The lowest BCUT2D eigenvalue weighted by Gasteiger charge is -2.23. The Hall–Kier alpha value is -3.73. The van der Waals surface area contributed by atoms with Gasteiger partial charge in [0.15, 0.2) is 17.6 Å². The molecule has 44 heavy (non-hydrogen) atoms. The van der Waals surface area contributed by atoms with E-state index in [1.807, 2.05) is 0 Å². The molecule has 0 radical (unpaired) electrons. The molecule has 3 aromatic rings. The molecule has 17 heteroatoms. The van der Waals surface area contributed by atoms with Gasteiger partial charge in [0.05, 0.1) is 35.3 Å². The molecular formula is C27H26F9N4O3S+. The molecular weight excluding hydrogens is 631 g/mol. The fraction of sp³-hybridized carbons (Fsp3) is 0.370. The number of fused-ring (bicyclic) bond motifs is 2. The van der Waals surface area contributed by atoms with Gasteiger partial charge in [-0.3, -0.25) is 4.55 Å². The summed E-state index contributed by atoms with van der Waals surface area (Å²) in [5, 5.41) is 0. The lowest BCUT2D eigenvalue weighted by molar-refractivity contribution is -0.647. The lowest BCUT2D eigenvalue weighted by atomic mass is 10.1. The van der Waals surface area contributed by atoms with E-state index < -0.39 is 52.1 Å². The molecule has 7 nitrogen and oxygen atoms in total. The molecule has 1 aliphatic heterocycles. The molecule has 0 bridgehead atoms. The third-order valence-corrected chi connectivity index (χ3v) is 7.82. The third-order valence-electron chi connectivity index (χ3n) is 7.01. The molecule has 1 aliphatic rings. The summed E-state index contributed by atoms with van der Waals surface area (Å²) < 4.78 is 154. The first-order valence-electron chi connectivity index (χ1n) is 12.9. The molecule has 0 aliphatic carbocycles. The van der Waals surface area contributed by atoms with Crippen LogP contribution in [-0.4, -0.2) is 43.1 Å². The summed E-state index contributed by atoms with van der Waals surface area (Å²) in [7, 11) is -1.34. The van der Waals surface area contributed by atoms with Gasteiger partial charge in [0, 0.05) is 25.7 Å². The van der Waals surface area contributed by atoms with Gasteiger partial charge >= 0.3 is 18.5 Å². The second-order valence-electron chi connectivity index (χ2n) is 10.1. The summed E-state index contributed by atoms with van der Waals surface area (Å²) in [6.45, 7) is -1.57. The third kappa shape index (κ3) is 7.31. The molecule has 0 unspecified atom stereocenters. The Morgan fingerprint density at radius 2 is 1.50 bits per heavy atom. The minimum Gasteiger partial charge on any atom is -0.329 e. The van der Waals surface area contributed by atoms with Gasteiger partial charge in [-0.2, -0.15) is 47.9 Å². The van der Waals surface area contributed by atoms with E-state index in [1.54, 1.807) is 7.05 Å². The molecule has 4 rings (SSSR count). The van der Waals surface area contributed by atoms with Crippen LogP contribution in [0.25, 0.3) is 17.1 Å². The predicted octanol–water partition coefficient (Wildman–Crippen LogP) is 6.54. The topological polar surface area (TPSA) is 69.7 Å². The molecule has 0 atom stereocenters. The first-order chi connectivity index (χ1) is 20.2. The normalized spacial score (nSPS) is 15.8. The van der Waals surface area contributed by atoms with Gasteiger partial charge in [-0.05, 0) is 49.2 Å². The number of benzene rings is 2. The molecule has 1 aromatic heterocycles. The van der Waals surface area contributed by atoms with E-state index in [1.165, 1.54) is 45.7 Å². The molecule has 0 saturated carbocycles. The number of anilines is 2. The highest BCUT2D eigenvalue weighted by molar-refractivity contribution is 7.85. The van der Waals surface area contributed by atoms with E-state index in [9.17, 15) is 47.9 Å². The van der Waals surface area contributed by atoms with Gasteiger partial charge in [0.2, 0.25) is 0 Å². The molecule has 2 aromatic carbocycles. The monoisotopic (exact) mass is 657 g/mol. The zero-order valence-electron chi connectivity index (χ0n) is 23.1. The maximum atomic E-state index is 13.5. The number of aromatic nitrogens is 2. The minimum absolute atomic E-state index is 0.0102. The van der Waals surface area contributed by atoms with Crippen molar-refractivity contribution >= 4 is 38.6 Å². The van der Waals surface area contributed by atoms with Gasteiger partial charge in [0.1, 0.15) is 5.82 Å². The van der Waals surface area contributed by atoms with Gasteiger partial charge in [-0.1, -0.05) is 6.08 Å². The number of imidazole rings is 1. The van der Waals surface area contributed by atoms with E-state index in [4.69, 9.17) is 4.55 Å². The average Bonchev–Trinajstić information content (AvgIpc) is 3.29. The number of halogens is 9. The number of hydrogen-bond acceptors (Lipinski definition) is 4. The molecule has 0 amide bonds. The van der Waals surface area contributed by atoms with Crippen molar-refractivity contribution in [2.45, 2.75) is 37.9 Å². The smallest absolute Gasteiger partial charge is 0.329 e. The van der Waals surface area contributed by atoms with Crippen LogP contribution in [0.1, 0.15) is 29.8 Å². The Bertz CT molecular complexity index is 1720. The van der Waals surface area contributed by atoms with E-state index in [0.29, 0.717) is 22.1 Å². The van der Waals surface area contributed by atoms with Gasteiger partial charge < -0.3 is 9.80 Å². The van der Waals surface area contributed by atoms with Crippen LogP contribution in [0.4, 0.5) is 50.9 Å². The molecule has 0 saturated heterocycles. The quantitative estimate of drug-likeness (QED) is 0.129. The van der Waals surface area contributed by atoms with Crippen LogP contribution in [-0.2, 0) is 36.1 Å². The van der Waals surface area contributed by atoms with Crippen molar-refractivity contribution in [1.29, 1.82) is 0 Å². The Labute approximate surface area is 245 Å². The van der Waals surface area contributed by atoms with Gasteiger partial charge in [0.25, 0.3) is 15.9 Å². The SMILES string of the molecule is CN1/C(=C\C=C\c2n(CC(F)(F)F)c3cc(C(F)(F)F)ccc3[n+]2C)N(CCCCS(=O)(=O)O)c2cc(C(F)(F)F)ccc21. The first-order valence-corrected chi connectivity index (χ1v) is 14.5. The summed E-state index contributed by atoms with van der Waals surface area (Å²) in [4.78, 5) is 3.00. The fourth-order valence-corrected chi connectivity index (χ4v) is 5.58. The number of nitrogens with zero attached hydrogens (tertiary/aromatic N) is 4. The zero-order chi connectivity index (χ0) is 32.8. The van der Waals surface area contributed by atoms with Crippen LogP contribution in [0, 0.1) is 0 Å². The molecule has 240 valence electrons. The van der Waals surface area contributed by atoms with E-state index >= 15 is 0 Å². The van der Waals surface area contributed by atoms with Crippen LogP contribution in [0.3, 0.4) is 0 Å². The van der Waals surface area contributed by atoms with Crippen LogP contribution >= 0.6 is 0 Å². The van der Waals surface area contributed by atoms with Crippen molar-refractivity contribution in [2.75, 3.05) is 29.1 Å². The molecule has 0 fully saturated rings. The van der Waals surface area contributed by atoms with Crippen molar-refractivity contribution in [3.05, 3.63) is 71.3 Å². The van der Waals surface area contributed by atoms with Crippen molar-refractivity contribution in [2.24, 2.45) is 7.05 Å². The maximum Gasteiger partial charge on any atom is 0.426 e. The Kier molecular flexibility index (Phi) is 8.78. The summed E-state index contributed by atoms with van der Waals surface area (Å²) in [6.07, 6.45) is -10.1. The Balaban J connectivity index is 1.77. The fourth-order valence-electron chi connectivity index (χ4n) is 5.01. The molecule has 0 spiro atoms. The van der Waals surface area contributed by atoms with Gasteiger partial charge in [-0.15, -0.1) is 0 Å². The standard InChI is InChI=1S/C27H25F9N4O3S/c1-37-19-10-8-17(26(31,32)33)14-21(19)39(12-3-4-13-44(41,42)43)23(37)6-5-7-24-38(2)20-11-9-18(27(34,35)36)15-22(20)40(24)16-25(28,29)30/h5-11,14-15H,3-4,12-13,16H2,1-2H3/p+1. The van der Waals surface area contributed by atoms with Crippen LogP contribution in [0.2, 0.25) is 0 Å². The number of hydrogen-bond donors (Lipinski definition) is 1. The zero-order valence-corrected chi connectivity index (χ0v) is 23.9. The summed E-state index contributed by atoms with van der Waals surface area (Å²) in [5.41, 5.74) is -1.77. The van der Waals surface area contributed by atoms with E-state index in [-0.39, 0.29) is 41.9 Å². The first kappa shape index (κ1) is 33.2. The van der Waals surface area contributed by atoms with E-state index in [0.717, 1.165) is 24.3 Å². The highest BCUT2D eigenvalue weighted by atomic mass is 32.2. The van der Waals surface area contributed by atoms with Crippen LogP contribution in [0.15, 0.2) is 54.4 Å². The summed E-state index contributed by atoms with van der Waals surface area (Å²) >= 11 is 0. The van der Waals surface area contributed by atoms with Crippen LogP contribution in [0.5, 0.6) is 0 Å². The average molecular weight is 658 g/mol. The van der Waals surface area contributed by atoms with Crippen molar-refractivity contribution in [3.63, 3.8) is 0 Å². The largest absolute Gasteiger partial charge is 0.426 e. The van der Waals surface area contributed by atoms with E-state index in [2.05, 4.69) is 0 Å². The molecule has 1 N–H and O–H groups in total. The predicted molar refractivity (Wildman–Crippen MR) is 144 cm³/mol. The number of unbranched alkanes of at least 4 members (excludes halogenated alkanes) is 1. The maximum absolute atomic E-state index is 13.5. The summed E-state index contributed by atoms with van der Waals surface area (Å²) in [5.74, 6) is -0.380. The number of aryl methyl sites for hydroxylation is 1. The van der Waals surface area contributed by atoms with Crippen molar-refractivity contribution in [1.82, 2.24) is 4.57 Å². The van der Waals surface area contributed by atoms with Crippen molar-refractivity contribution < 1.29 is 57.1 Å².